The zero-order valence-corrected chi connectivity index (χ0v) is 9.27. The molecule has 0 aromatic heterocycles. The molecule has 4 atom stereocenters. The summed E-state index contributed by atoms with van der Waals surface area (Å²) in [7, 11) is 0. The molecular formula is C13H22. The second-order valence-electron chi connectivity index (χ2n) is 6.53. The molecule has 1 spiro atoms. The molecule has 0 aliphatic heterocycles. The number of rotatable bonds is 3. The molecule has 0 heteroatoms. The van der Waals surface area contributed by atoms with E-state index in [-0.39, 0.29) is 0 Å². The summed E-state index contributed by atoms with van der Waals surface area (Å²) in [5.41, 5.74) is 1.65. The van der Waals surface area contributed by atoms with E-state index in [9.17, 15) is 0 Å². The van der Waals surface area contributed by atoms with Crippen molar-refractivity contribution < 1.29 is 0 Å². The predicted octanol–water partition coefficient (Wildman–Crippen LogP) is 3.86. The third-order valence-electron chi connectivity index (χ3n) is 5.17. The Morgan fingerprint density at radius 1 is 1.08 bits per heavy atom. The van der Waals surface area contributed by atoms with Gasteiger partial charge < -0.3 is 0 Å². The van der Waals surface area contributed by atoms with Gasteiger partial charge in [-0.25, -0.2) is 0 Å². The average Bonchev–Trinajstić information content (AvgIpc) is 2.91. The third-order valence-corrected chi connectivity index (χ3v) is 5.17. The van der Waals surface area contributed by atoms with Gasteiger partial charge in [0.1, 0.15) is 0 Å². The van der Waals surface area contributed by atoms with Crippen molar-refractivity contribution in [3.05, 3.63) is 0 Å². The zero-order chi connectivity index (χ0) is 9.27. The maximum Gasteiger partial charge on any atom is -0.0232 e. The highest BCUT2D eigenvalue weighted by Gasteiger charge is 2.74. The molecule has 0 heterocycles. The molecule has 4 unspecified atom stereocenters. The SMILES string of the molecule is CCCC1CC12CC2C1CC1(C)C. The standard InChI is InChI=1S/C13H22/c1-4-5-9-6-13(9)8-11(13)10-7-12(10,2)3/h9-11H,4-8H2,1-3H3. The molecular weight excluding hydrogens is 156 g/mol. The van der Waals surface area contributed by atoms with Crippen LogP contribution in [0.3, 0.4) is 0 Å². The van der Waals surface area contributed by atoms with E-state index in [0.717, 1.165) is 22.7 Å². The lowest BCUT2D eigenvalue weighted by Crippen LogP contribution is -1.95. The number of hydrogen-bond acceptors (Lipinski definition) is 0. The Balaban J connectivity index is 1.58. The highest BCUT2D eigenvalue weighted by atomic mass is 14.8. The lowest BCUT2D eigenvalue weighted by atomic mass is 10.0. The normalized spacial score (nSPS) is 55.2. The van der Waals surface area contributed by atoms with Crippen molar-refractivity contribution in [2.45, 2.75) is 52.9 Å². The fourth-order valence-electron chi connectivity index (χ4n) is 3.93. The van der Waals surface area contributed by atoms with Crippen LogP contribution in [0.4, 0.5) is 0 Å². The van der Waals surface area contributed by atoms with Crippen LogP contribution in [0.1, 0.15) is 52.9 Å². The Kier molecular flexibility index (Phi) is 1.37. The highest BCUT2D eigenvalue weighted by Crippen LogP contribution is 2.82. The van der Waals surface area contributed by atoms with E-state index in [0.29, 0.717) is 0 Å². The summed E-state index contributed by atoms with van der Waals surface area (Å²) in [6, 6.07) is 0. The topological polar surface area (TPSA) is 0 Å². The first-order chi connectivity index (χ1) is 6.10. The van der Waals surface area contributed by atoms with Crippen molar-refractivity contribution in [2.24, 2.45) is 28.6 Å². The molecule has 0 saturated heterocycles. The van der Waals surface area contributed by atoms with Crippen molar-refractivity contribution in [3.8, 4) is 0 Å². The first-order valence-electron chi connectivity index (χ1n) is 6.10. The van der Waals surface area contributed by atoms with Gasteiger partial charge in [-0.1, -0.05) is 33.6 Å². The second kappa shape index (κ2) is 2.15. The summed E-state index contributed by atoms with van der Waals surface area (Å²) in [5.74, 6) is 3.44. The molecule has 0 aromatic rings. The van der Waals surface area contributed by atoms with Crippen LogP contribution in [0.25, 0.3) is 0 Å². The molecule has 74 valence electrons. The first-order valence-corrected chi connectivity index (χ1v) is 6.10. The minimum Gasteiger partial charge on any atom is -0.0654 e. The van der Waals surface area contributed by atoms with Crippen molar-refractivity contribution >= 4 is 0 Å². The van der Waals surface area contributed by atoms with Crippen LogP contribution in [0.5, 0.6) is 0 Å². The van der Waals surface area contributed by atoms with Crippen molar-refractivity contribution in [1.29, 1.82) is 0 Å². The Hall–Kier alpha value is 0. The molecule has 0 amide bonds. The summed E-state index contributed by atoms with van der Waals surface area (Å²) < 4.78 is 0. The predicted molar refractivity (Wildman–Crippen MR) is 55.4 cm³/mol. The molecule has 13 heavy (non-hydrogen) atoms. The molecule has 3 fully saturated rings. The molecule has 3 aliphatic carbocycles. The molecule has 0 N–H and O–H groups in total. The van der Waals surface area contributed by atoms with Gasteiger partial charge in [0, 0.05) is 0 Å². The molecule has 3 rings (SSSR count). The minimum atomic E-state index is 0.730. The summed E-state index contributed by atoms with van der Waals surface area (Å²) in [5, 5.41) is 0. The van der Waals surface area contributed by atoms with Crippen LogP contribution in [0, 0.1) is 28.6 Å². The largest absolute Gasteiger partial charge is 0.0654 e. The van der Waals surface area contributed by atoms with E-state index in [1.807, 2.05) is 0 Å². The average molecular weight is 178 g/mol. The van der Waals surface area contributed by atoms with Crippen LogP contribution >= 0.6 is 0 Å². The van der Waals surface area contributed by atoms with Gasteiger partial charge in [-0.2, -0.15) is 0 Å². The van der Waals surface area contributed by atoms with Crippen LogP contribution in [0.15, 0.2) is 0 Å². The lowest BCUT2D eigenvalue weighted by Gasteiger charge is -2.01. The molecule has 3 saturated carbocycles. The second-order valence-corrected chi connectivity index (χ2v) is 6.53. The van der Waals surface area contributed by atoms with E-state index in [1.54, 1.807) is 12.8 Å². The minimum absolute atomic E-state index is 0.730. The lowest BCUT2D eigenvalue weighted by molar-refractivity contribution is 0.471. The van der Waals surface area contributed by atoms with Crippen LogP contribution in [-0.4, -0.2) is 0 Å². The van der Waals surface area contributed by atoms with E-state index >= 15 is 0 Å². The quantitative estimate of drug-likeness (QED) is 0.615. The van der Waals surface area contributed by atoms with Gasteiger partial charge in [-0.3, -0.25) is 0 Å². The molecule has 0 radical (unpaired) electrons. The van der Waals surface area contributed by atoms with Gasteiger partial charge in [-0.15, -0.1) is 0 Å². The van der Waals surface area contributed by atoms with E-state index in [1.165, 1.54) is 25.2 Å². The molecule has 3 aliphatic rings. The fraction of sp³-hybridized carbons (Fsp3) is 1.00. The Morgan fingerprint density at radius 3 is 2.31 bits per heavy atom. The highest BCUT2D eigenvalue weighted by molar-refractivity contribution is 5.23. The molecule has 0 aromatic carbocycles. The maximum atomic E-state index is 2.46. The van der Waals surface area contributed by atoms with Crippen LogP contribution < -0.4 is 0 Å². The van der Waals surface area contributed by atoms with E-state index in [2.05, 4.69) is 20.8 Å². The van der Waals surface area contributed by atoms with Crippen molar-refractivity contribution in [2.75, 3.05) is 0 Å². The zero-order valence-electron chi connectivity index (χ0n) is 9.27. The molecule has 0 bridgehead atoms. The van der Waals surface area contributed by atoms with Gasteiger partial charge in [0.05, 0.1) is 0 Å². The van der Waals surface area contributed by atoms with Gasteiger partial charge in [0.2, 0.25) is 0 Å². The summed E-state index contributed by atoms with van der Waals surface area (Å²) >= 11 is 0. The summed E-state index contributed by atoms with van der Waals surface area (Å²) in [6.45, 7) is 7.26. The van der Waals surface area contributed by atoms with Gasteiger partial charge in [0.15, 0.2) is 0 Å². The summed E-state index contributed by atoms with van der Waals surface area (Å²) in [6.07, 6.45) is 7.65. The van der Waals surface area contributed by atoms with Gasteiger partial charge in [-0.05, 0) is 47.8 Å². The third kappa shape index (κ3) is 1.04. The maximum absolute atomic E-state index is 2.46. The Bertz CT molecular complexity index is 240. The molecule has 0 nitrogen and oxygen atoms in total. The Labute approximate surface area is 82.1 Å². The van der Waals surface area contributed by atoms with E-state index in [4.69, 9.17) is 0 Å². The first kappa shape index (κ1) is 8.32. The fourth-order valence-corrected chi connectivity index (χ4v) is 3.93. The van der Waals surface area contributed by atoms with Gasteiger partial charge in [0.25, 0.3) is 0 Å². The smallest absolute Gasteiger partial charge is 0.0232 e. The van der Waals surface area contributed by atoms with Crippen molar-refractivity contribution in [1.82, 2.24) is 0 Å². The van der Waals surface area contributed by atoms with E-state index < -0.39 is 0 Å². The Morgan fingerprint density at radius 2 is 1.77 bits per heavy atom. The van der Waals surface area contributed by atoms with Gasteiger partial charge >= 0.3 is 0 Å². The monoisotopic (exact) mass is 178 g/mol. The van der Waals surface area contributed by atoms with Crippen molar-refractivity contribution in [3.63, 3.8) is 0 Å². The number of hydrogen-bond donors (Lipinski definition) is 0. The van der Waals surface area contributed by atoms with Crippen LogP contribution in [-0.2, 0) is 0 Å². The summed E-state index contributed by atoms with van der Waals surface area (Å²) in [4.78, 5) is 0. The van der Waals surface area contributed by atoms with Crippen LogP contribution in [0.2, 0.25) is 0 Å².